The molecule has 0 spiro atoms. The Balaban J connectivity index is 0.00000529. The third-order valence-corrected chi connectivity index (χ3v) is 4.43. The summed E-state index contributed by atoms with van der Waals surface area (Å²) in [6, 6.07) is 10.6. The minimum atomic E-state index is 0. The highest BCUT2D eigenvalue weighted by Gasteiger charge is 2.22. The molecule has 0 saturated heterocycles. The van der Waals surface area contributed by atoms with Crippen LogP contribution in [0.1, 0.15) is 40.2 Å². The average molecular weight is 446 g/mol. The average Bonchev–Trinajstić information content (AvgIpc) is 2.51. The van der Waals surface area contributed by atoms with E-state index in [4.69, 9.17) is 4.99 Å². The van der Waals surface area contributed by atoms with Crippen LogP contribution in [0.4, 0.5) is 0 Å². The van der Waals surface area contributed by atoms with Crippen LogP contribution in [-0.2, 0) is 5.41 Å². The van der Waals surface area contributed by atoms with Crippen molar-refractivity contribution < 1.29 is 0 Å². The van der Waals surface area contributed by atoms with Crippen LogP contribution in [0.15, 0.2) is 35.3 Å². The van der Waals surface area contributed by atoms with Crippen LogP contribution in [0, 0.1) is 0 Å². The molecule has 0 heterocycles. The van der Waals surface area contributed by atoms with Gasteiger partial charge < -0.3 is 15.5 Å². The quantitative estimate of drug-likeness (QED) is 0.383. The molecule has 0 bridgehead atoms. The highest BCUT2D eigenvalue weighted by atomic mass is 127. The van der Waals surface area contributed by atoms with Crippen molar-refractivity contribution in [1.29, 1.82) is 0 Å². The van der Waals surface area contributed by atoms with Crippen molar-refractivity contribution >= 4 is 29.9 Å². The van der Waals surface area contributed by atoms with Crippen LogP contribution < -0.4 is 10.6 Å². The molecule has 0 aliphatic rings. The normalized spacial score (nSPS) is 12.8. The largest absolute Gasteiger partial charge is 0.357 e. The van der Waals surface area contributed by atoms with E-state index in [0.717, 1.165) is 25.6 Å². The van der Waals surface area contributed by atoms with Crippen LogP contribution in [0.3, 0.4) is 0 Å². The SMILES string of the molecule is CCNC(=NCC(C)(C)N(C)C)NCC(C)(C)c1ccccc1.I. The Labute approximate surface area is 165 Å². The van der Waals surface area contributed by atoms with Gasteiger partial charge in [-0.2, -0.15) is 0 Å². The molecule has 0 aliphatic heterocycles. The summed E-state index contributed by atoms with van der Waals surface area (Å²) < 4.78 is 0. The zero-order valence-corrected chi connectivity index (χ0v) is 18.6. The minimum absolute atomic E-state index is 0. The van der Waals surface area contributed by atoms with Crippen LogP contribution in [-0.4, -0.2) is 50.1 Å². The lowest BCUT2D eigenvalue weighted by atomic mass is 9.85. The molecule has 1 aromatic rings. The molecule has 5 heteroatoms. The Morgan fingerprint density at radius 2 is 1.62 bits per heavy atom. The van der Waals surface area contributed by atoms with Crippen LogP contribution in [0.2, 0.25) is 0 Å². The van der Waals surface area contributed by atoms with E-state index in [1.165, 1.54) is 5.56 Å². The van der Waals surface area contributed by atoms with Gasteiger partial charge in [0.05, 0.1) is 6.54 Å². The minimum Gasteiger partial charge on any atom is -0.357 e. The number of nitrogens with one attached hydrogen (secondary N) is 2. The highest BCUT2D eigenvalue weighted by Crippen LogP contribution is 2.21. The van der Waals surface area contributed by atoms with Crippen LogP contribution in [0.5, 0.6) is 0 Å². The topological polar surface area (TPSA) is 39.7 Å². The van der Waals surface area contributed by atoms with Crippen molar-refractivity contribution in [3.05, 3.63) is 35.9 Å². The molecule has 1 rings (SSSR count). The third kappa shape index (κ3) is 7.38. The molecule has 0 unspecified atom stereocenters. The van der Waals surface area contributed by atoms with Gasteiger partial charge in [-0.15, -0.1) is 24.0 Å². The number of hydrogen-bond donors (Lipinski definition) is 2. The molecular weight excluding hydrogens is 411 g/mol. The second-order valence-electron chi connectivity index (χ2n) is 7.51. The number of benzene rings is 1. The molecular formula is C19H35IN4. The summed E-state index contributed by atoms with van der Waals surface area (Å²) in [5, 5.41) is 6.83. The standard InChI is InChI=1S/C19H34N4.HI/c1-8-20-17(22-15-19(4,5)23(6)7)21-14-18(2,3)16-12-10-9-11-13-16;/h9-13H,8,14-15H2,1-7H3,(H2,20,21,22);1H. The summed E-state index contributed by atoms with van der Waals surface area (Å²) in [4.78, 5) is 6.96. The molecule has 0 saturated carbocycles. The molecule has 24 heavy (non-hydrogen) atoms. The van der Waals surface area contributed by atoms with Gasteiger partial charge in [0.1, 0.15) is 0 Å². The van der Waals surface area contributed by atoms with E-state index in [1.54, 1.807) is 0 Å². The zero-order valence-electron chi connectivity index (χ0n) is 16.3. The zero-order chi connectivity index (χ0) is 17.5. The molecule has 4 nitrogen and oxygen atoms in total. The van der Waals surface area contributed by atoms with E-state index in [0.29, 0.717) is 0 Å². The summed E-state index contributed by atoms with van der Waals surface area (Å²) in [6.07, 6.45) is 0. The summed E-state index contributed by atoms with van der Waals surface area (Å²) in [5.74, 6) is 0.881. The van der Waals surface area contributed by atoms with E-state index in [9.17, 15) is 0 Å². The Bertz CT molecular complexity index is 495. The van der Waals surface area contributed by atoms with E-state index in [2.05, 4.69) is 94.6 Å². The van der Waals surface area contributed by atoms with Crippen molar-refractivity contribution in [2.24, 2.45) is 4.99 Å². The Morgan fingerprint density at radius 1 is 1.04 bits per heavy atom. The van der Waals surface area contributed by atoms with Crippen molar-refractivity contribution in [3.8, 4) is 0 Å². The van der Waals surface area contributed by atoms with Crippen molar-refractivity contribution in [3.63, 3.8) is 0 Å². The van der Waals surface area contributed by atoms with Gasteiger partial charge in [-0.3, -0.25) is 4.99 Å². The summed E-state index contributed by atoms with van der Waals surface area (Å²) in [5.41, 5.74) is 1.42. The van der Waals surface area contributed by atoms with Gasteiger partial charge in [-0.05, 0) is 40.4 Å². The second-order valence-corrected chi connectivity index (χ2v) is 7.51. The van der Waals surface area contributed by atoms with E-state index >= 15 is 0 Å². The molecule has 1 aromatic carbocycles. The van der Waals surface area contributed by atoms with Gasteiger partial charge in [-0.1, -0.05) is 44.2 Å². The highest BCUT2D eigenvalue weighted by molar-refractivity contribution is 14.0. The lowest BCUT2D eigenvalue weighted by Crippen LogP contribution is -2.46. The maximum absolute atomic E-state index is 4.76. The smallest absolute Gasteiger partial charge is 0.191 e. The van der Waals surface area contributed by atoms with Gasteiger partial charge in [0.15, 0.2) is 5.96 Å². The fourth-order valence-corrected chi connectivity index (χ4v) is 2.05. The first-order chi connectivity index (χ1) is 10.7. The predicted molar refractivity (Wildman–Crippen MR) is 117 cm³/mol. The molecule has 0 aliphatic carbocycles. The van der Waals surface area contributed by atoms with Crippen LogP contribution >= 0.6 is 24.0 Å². The first kappa shape index (κ1) is 23.2. The number of rotatable bonds is 7. The first-order valence-corrected chi connectivity index (χ1v) is 8.44. The first-order valence-electron chi connectivity index (χ1n) is 8.44. The maximum Gasteiger partial charge on any atom is 0.191 e. The molecule has 2 N–H and O–H groups in total. The fourth-order valence-electron chi connectivity index (χ4n) is 2.05. The molecule has 0 radical (unpaired) electrons. The summed E-state index contributed by atoms with van der Waals surface area (Å²) in [7, 11) is 4.18. The van der Waals surface area contributed by atoms with Gasteiger partial charge in [-0.25, -0.2) is 0 Å². The third-order valence-electron chi connectivity index (χ3n) is 4.43. The van der Waals surface area contributed by atoms with Gasteiger partial charge >= 0.3 is 0 Å². The Kier molecular flexibility index (Phi) is 9.88. The van der Waals surface area contributed by atoms with E-state index < -0.39 is 0 Å². The number of nitrogens with zero attached hydrogens (tertiary/aromatic N) is 2. The van der Waals surface area contributed by atoms with Gasteiger partial charge in [0.25, 0.3) is 0 Å². The van der Waals surface area contributed by atoms with Crippen molar-refractivity contribution in [1.82, 2.24) is 15.5 Å². The monoisotopic (exact) mass is 446 g/mol. The molecule has 0 aromatic heterocycles. The fraction of sp³-hybridized carbons (Fsp3) is 0.632. The number of halogens is 1. The molecule has 0 atom stereocenters. The predicted octanol–water partition coefficient (Wildman–Crippen LogP) is 3.48. The number of aliphatic imine (C=N–C) groups is 1. The number of guanidine groups is 1. The molecule has 138 valence electrons. The molecule has 0 fully saturated rings. The molecule has 0 amide bonds. The summed E-state index contributed by atoms with van der Waals surface area (Å²) >= 11 is 0. The van der Waals surface area contributed by atoms with Crippen LogP contribution in [0.25, 0.3) is 0 Å². The lowest BCUT2D eigenvalue weighted by molar-refractivity contribution is 0.204. The lowest BCUT2D eigenvalue weighted by Gasteiger charge is -2.31. The van der Waals surface area contributed by atoms with Crippen molar-refractivity contribution in [2.75, 3.05) is 33.7 Å². The van der Waals surface area contributed by atoms with Gasteiger partial charge in [0, 0.05) is 24.0 Å². The number of likely N-dealkylation sites (N-methyl/N-ethyl adjacent to an activating group) is 1. The Hall–Kier alpha value is -0.820. The Morgan fingerprint density at radius 3 is 2.12 bits per heavy atom. The van der Waals surface area contributed by atoms with E-state index in [-0.39, 0.29) is 34.9 Å². The van der Waals surface area contributed by atoms with Gasteiger partial charge in [0.2, 0.25) is 0 Å². The van der Waals surface area contributed by atoms with Crippen molar-refractivity contribution in [2.45, 2.75) is 45.6 Å². The number of hydrogen-bond acceptors (Lipinski definition) is 2. The maximum atomic E-state index is 4.76. The second kappa shape index (κ2) is 10.2. The van der Waals surface area contributed by atoms with E-state index in [1.807, 2.05) is 0 Å². The summed E-state index contributed by atoms with van der Waals surface area (Å²) in [6.45, 7) is 13.5.